The van der Waals surface area contributed by atoms with E-state index in [2.05, 4.69) is 126 Å². The second-order valence-corrected chi connectivity index (χ2v) is 12.3. The van der Waals surface area contributed by atoms with Gasteiger partial charge >= 0.3 is 0 Å². The van der Waals surface area contributed by atoms with Crippen molar-refractivity contribution in [3.8, 4) is 0 Å². The Kier molecular flexibility index (Phi) is 6.39. The second-order valence-electron chi connectivity index (χ2n) is 12.0. The number of rotatable bonds is 3. The van der Waals surface area contributed by atoms with Gasteiger partial charge in [0.1, 0.15) is 7.05 Å². The van der Waals surface area contributed by atoms with Crippen molar-refractivity contribution in [2.45, 2.75) is 71.6 Å². The van der Waals surface area contributed by atoms with Gasteiger partial charge in [-0.15, -0.1) is 0 Å². The van der Waals surface area contributed by atoms with Gasteiger partial charge in [0, 0.05) is 46.1 Å². The van der Waals surface area contributed by atoms with E-state index in [1.165, 1.54) is 56.2 Å². The molecule has 0 fully saturated rings. The van der Waals surface area contributed by atoms with Gasteiger partial charge < -0.3 is 4.90 Å². The lowest BCUT2D eigenvalue weighted by Gasteiger charge is -2.24. The topological polar surface area (TPSA) is 6.25 Å². The van der Waals surface area contributed by atoms with Crippen LogP contribution in [0, 0.1) is 13.8 Å². The van der Waals surface area contributed by atoms with Crippen molar-refractivity contribution in [2.24, 2.45) is 0 Å². The SMILES string of the molecule is Cc1cccc2c1N(C)C(=CC=C1CCCC(C=CC3=[N+](C)c4c(C)cccc4C3(C)C)=C1Cl)C2(C)C. The van der Waals surface area contributed by atoms with Gasteiger partial charge in [-0.1, -0.05) is 74.0 Å². The Morgan fingerprint density at radius 2 is 1.54 bits per heavy atom. The van der Waals surface area contributed by atoms with Crippen molar-refractivity contribution < 1.29 is 4.58 Å². The number of hydrogen-bond donors (Lipinski definition) is 0. The molecule has 5 rings (SSSR count). The number of allylic oxidation sites excluding steroid dienone is 8. The van der Waals surface area contributed by atoms with Crippen molar-refractivity contribution in [3.05, 3.63) is 105 Å². The van der Waals surface area contributed by atoms with E-state index in [0.717, 1.165) is 24.3 Å². The summed E-state index contributed by atoms with van der Waals surface area (Å²) < 4.78 is 2.36. The Morgan fingerprint density at radius 3 is 2.22 bits per heavy atom. The van der Waals surface area contributed by atoms with E-state index in [0.29, 0.717) is 0 Å². The number of halogens is 1. The molecule has 0 saturated heterocycles. The summed E-state index contributed by atoms with van der Waals surface area (Å²) in [5.74, 6) is 0. The van der Waals surface area contributed by atoms with Crippen LogP contribution in [0.1, 0.15) is 69.2 Å². The number of hydrogen-bond acceptors (Lipinski definition) is 1. The van der Waals surface area contributed by atoms with E-state index < -0.39 is 0 Å². The molecule has 2 aromatic rings. The fourth-order valence-corrected chi connectivity index (χ4v) is 7.09. The lowest BCUT2D eigenvalue weighted by molar-refractivity contribution is -0.402. The molecule has 37 heavy (non-hydrogen) atoms. The van der Waals surface area contributed by atoms with E-state index >= 15 is 0 Å². The highest BCUT2D eigenvalue weighted by atomic mass is 35.5. The van der Waals surface area contributed by atoms with Gasteiger partial charge in [0.15, 0.2) is 5.71 Å². The number of anilines is 1. The molecule has 0 spiro atoms. The normalized spacial score (nSPS) is 22.6. The summed E-state index contributed by atoms with van der Waals surface area (Å²) in [4.78, 5) is 2.36. The van der Waals surface area contributed by atoms with Gasteiger partial charge in [-0.25, -0.2) is 0 Å². The molecule has 0 N–H and O–H groups in total. The van der Waals surface area contributed by atoms with Crippen molar-refractivity contribution in [3.63, 3.8) is 0 Å². The third kappa shape index (κ3) is 4.05. The summed E-state index contributed by atoms with van der Waals surface area (Å²) >= 11 is 7.06. The molecule has 0 amide bonds. The molecule has 2 nitrogen and oxygen atoms in total. The second kappa shape index (κ2) is 9.17. The third-order valence-electron chi connectivity index (χ3n) is 8.84. The predicted molar refractivity (Wildman–Crippen MR) is 160 cm³/mol. The Morgan fingerprint density at radius 1 is 0.865 bits per heavy atom. The Hall–Kier alpha value is -2.84. The van der Waals surface area contributed by atoms with Crippen LogP contribution in [0.2, 0.25) is 0 Å². The summed E-state index contributed by atoms with van der Waals surface area (Å²) in [7, 11) is 4.38. The highest BCUT2D eigenvalue weighted by molar-refractivity contribution is 6.32. The largest absolute Gasteiger partial charge is 0.347 e. The van der Waals surface area contributed by atoms with Crippen LogP contribution in [-0.2, 0) is 10.8 Å². The average Bonchev–Trinajstić information content (AvgIpc) is 3.16. The Bertz CT molecular complexity index is 1440. The van der Waals surface area contributed by atoms with Gasteiger partial charge in [0.05, 0.1) is 5.41 Å². The number of aryl methyl sites for hydroxylation is 2. The van der Waals surface area contributed by atoms with Crippen molar-refractivity contribution in [1.29, 1.82) is 0 Å². The zero-order chi connectivity index (χ0) is 26.7. The molecule has 3 aliphatic rings. The van der Waals surface area contributed by atoms with Crippen LogP contribution in [0.15, 0.2) is 82.6 Å². The summed E-state index contributed by atoms with van der Waals surface area (Å²) in [6.45, 7) is 13.7. The molecule has 0 radical (unpaired) electrons. The summed E-state index contributed by atoms with van der Waals surface area (Å²) in [5, 5.41) is 0.916. The Labute approximate surface area is 228 Å². The number of fused-ring (bicyclic) bond motifs is 2. The lowest BCUT2D eigenvalue weighted by atomic mass is 9.80. The van der Waals surface area contributed by atoms with Crippen LogP contribution in [0.25, 0.3) is 0 Å². The fourth-order valence-electron chi connectivity index (χ4n) is 6.78. The molecule has 0 bridgehead atoms. The highest BCUT2D eigenvalue weighted by Gasteiger charge is 2.43. The lowest BCUT2D eigenvalue weighted by Crippen LogP contribution is -2.26. The summed E-state index contributed by atoms with van der Waals surface area (Å²) in [6, 6.07) is 13.3. The molecule has 3 heteroatoms. The minimum Gasteiger partial charge on any atom is -0.347 e. The quantitative estimate of drug-likeness (QED) is 0.373. The van der Waals surface area contributed by atoms with E-state index in [4.69, 9.17) is 11.6 Å². The maximum Gasteiger partial charge on any atom is 0.212 e. The number of benzene rings is 2. The van der Waals surface area contributed by atoms with Crippen LogP contribution in [0.3, 0.4) is 0 Å². The van der Waals surface area contributed by atoms with E-state index in [1.807, 2.05) is 0 Å². The number of para-hydroxylation sites is 2. The van der Waals surface area contributed by atoms with Gasteiger partial charge in [-0.3, -0.25) is 0 Å². The van der Waals surface area contributed by atoms with E-state index in [-0.39, 0.29) is 10.8 Å². The average molecular weight is 512 g/mol. The van der Waals surface area contributed by atoms with Crippen LogP contribution in [0.5, 0.6) is 0 Å². The molecule has 0 aromatic heterocycles. The van der Waals surface area contributed by atoms with Crippen LogP contribution < -0.4 is 4.90 Å². The first-order valence-corrected chi connectivity index (χ1v) is 13.9. The minimum atomic E-state index is -0.0385. The molecular formula is C34H40ClN2+. The molecule has 0 unspecified atom stereocenters. The third-order valence-corrected chi connectivity index (χ3v) is 9.32. The smallest absolute Gasteiger partial charge is 0.212 e. The summed E-state index contributed by atoms with van der Waals surface area (Å²) in [6.07, 6.45) is 12.3. The first kappa shape index (κ1) is 25.8. The number of likely N-dealkylation sites (N-methyl/N-ethyl adjacent to an activating group) is 1. The van der Waals surface area contributed by atoms with Crippen molar-refractivity contribution in [2.75, 3.05) is 19.0 Å². The fraction of sp³-hybridized carbons (Fsp3) is 0.382. The van der Waals surface area contributed by atoms with Crippen LogP contribution >= 0.6 is 11.6 Å². The zero-order valence-electron chi connectivity index (χ0n) is 23.7. The molecule has 2 heterocycles. The van der Waals surface area contributed by atoms with Gasteiger partial charge in [-0.05, 0) is 75.3 Å². The van der Waals surface area contributed by atoms with E-state index in [1.54, 1.807) is 0 Å². The first-order chi connectivity index (χ1) is 17.5. The van der Waals surface area contributed by atoms with Gasteiger partial charge in [0.25, 0.3) is 0 Å². The molecule has 2 aliphatic heterocycles. The predicted octanol–water partition coefficient (Wildman–Crippen LogP) is 8.78. The zero-order valence-corrected chi connectivity index (χ0v) is 24.4. The van der Waals surface area contributed by atoms with Crippen molar-refractivity contribution in [1.82, 2.24) is 0 Å². The molecule has 192 valence electrons. The highest BCUT2D eigenvalue weighted by Crippen LogP contribution is 2.48. The number of nitrogens with zero attached hydrogens (tertiary/aromatic N) is 2. The standard InChI is InChI=1S/C34H40ClN2/c1-22-12-9-16-26-31(22)36(7)28(33(26,3)4)20-18-24-14-11-15-25(30(24)35)19-21-29-34(5,6)27-17-10-13-23(2)32(27)37(29)8/h9-10,12-13,16-21H,11,14-15H2,1-8H3/q+1. The Balaban J connectivity index is 1.47. The van der Waals surface area contributed by atoms with Gasteiger partial charge in [-0.2, -0.15) is 4.58 Å². The molecule has 2 aromatic carbocycles. The maximum absolute atomic E-state index is 7.06. The van der Waals surface area contributed by atoms with Crippen LogP contribution in [0.4, 0.5) is 11.4 Å². The monoisotopic (exact) mass is 511 g/mol. The molecule has 0 atom stereocenters. The first-order valence-electron chi connectivity index (χ1n) is 13.5. The van der Waals surface area contributed by atoms with E-state index in [9.17, 15) is 0 Å². The molecule has 0 saturated carbocycles. The molecule has 1 aliphatic carbocycles. The summed E-state index contributed by atoms with van der Waals surface area (Å²) in [5.41, 5.74) is 13.1. The minimum absolute atomic E-state index is 0.0385. The molecular weight excluding hydrogens is 472 g/mol. The maximum atomic E-state index is 7.06. The van der Waals surface area contributed by atoms with Gasteiger partial charge in [0.2, 0.25) is 5.69 Å². The van der Waals surface area contributed by atoms with Crippen LogP contribution in [-0.4, -0.2) is 24.4 Å². The van der Waals surface area contributed by atoms with Crippen molar-refractivity contribution >= 4 is 28.7 Å².